The zero-order chi connectivity index (χ0) is 19.8. The third kappa shape index (κ3) is 3.74. The van der Waals surface area contributed by atoms with Gasteiger partial charge >= 0.3 is 0 Å². The van der Waals surface area contributed by atoms with Crippen molar-refractivity contribution in [2.75, 3.05) is 11.9 Å². The maximum absolute atomic E-state index is 13.8. The lowest BCUT2D eigenvalue weighted by Crippen LogP contribution is -2.33. The van der Waals surface area contributed by atoms with Crippen molar-refractivity contribution in [1.82, 2.24) is 4.90 Å². The molecule has 1 N–H and O–H groups in total. The number of anilines is 1. The Kier molecular flexibility index (Phi) is 4.83. The number of imide groups is 1. The van der Waals surface area contributed by atoms with Crippen molar-refractivity contribution >= 4 is 23.4 Å². The van der Waals surface area contributed by atoms with E-state index in [-0.39, 0.29) is 35.4 Å². The molecule has 3 amide bonds. The van der Waals surface area contributed by atoms with E-state index < -0.39 is 17.6 Å². The zero-order valence-electron chi connectivity index (χ0n) is 15.5. The standard InChI is InChI=1S/C21H21FN2O3/c1-21(2,3)13-7-9-14(10-8-13)23-17(25)11-12-24-19(26)15-5-4-6-16(22)18(15)20(24)27/h4-10H,11-12H2,1-3H3,(H,23,25). The van der Waals surface area contributed by atoms with E-state index in [9.17, 15) is 18.8 Å². The molecule has 0 bridgehead atoms. The zero-order valence-corrected chi connectivity index (χ0v) is 15.5. The number of benzene rings is 2. The van der Waals surface area contributed by atoms with Gasteiger partial charge < -0.3 is 5.32 Å². The number of amides is 3. The Morgan fingerprint density at radius 3 is 2.30 bits per heavy atom. The summed E-state index contributed by atoms with van der Waals surface area (Å²) in [5, 5.41) is 2.74. The van der Waals surface area contributed by atoms with Gasteiger partial charge in [0.1, 0.15) is 5.82 Å². The van der Waals surface area contributed by atoms with E-state index in [0.29, 0.717) is 5.69 Å². The first-order valence-corrected chi connectivity index (χ1v) is 8.73. The summed E-state index contributed by atoms with van der Waals surface area (Å²) in [6.45, 7) is 6.21. The molecule has 0 fully saturated rings. The molecule has 140 valence electrons. The molecule has 6 heteroatoms. The van der Waals surface area contributed by atoms with Crippen molar-refractivity contribution in [2.24, 2.45) is 0 Å². The molecule has 0 saturated carbocycles. The van der Waals surface area contributed by atoms with E-state index in [0.717, 1.165) is 16.5 Å². The molecule has 0 atom stereocenters. The number of fused-ring (bicyclic) bond motifs is 1. The van der Waals surface area contributed by atoms with Crippen molar-refractivity contribution in [2.45, 2.75) is 32.6 Å². The maximum atomic E-state index is 13.8. The molecule has 5 nitrogen and oxygen atoms in total. The molecule has 1 heterocycles. The fraction of sp³-hybridized carbons (Fsp3) is 0.286. The van der Waals surface area contributed by atoms with Gasteiger partial charge in [-0.05, 0) is 35.2 Å². The van der Waals surface area contributed by atoms with Crippen LogP contribution in [0.1, 0.15) is 53.5 Å². The Bertz CT molecular complexity index is 914. The molecule has 3 rings (SSSR count). The number of carbonyl (C=O) groups is 3. The van der Waals surface area contributed by atoms with Gasteiger partial charge in [-0.3, -0.25) is 19.3 Å². The number of nitrogens with one attached hydrogen (secondary N) is 1. The Morgan fingerprint density at radius 2 is 1.70 bits per heavy atom. The Hall–Kier alpha value is -3.02. The molecule has 27 heavy (non-hydrogen) atoms. The van der Waals surface area contributed by atoms with Gasteiger partial charge in [-0.2, -0.15) is 0 Å². The quantitative estimate of drug-likeness (QED) is 0.836. The number of rotatable bonds is 4. The summed E-state index contributed by atoms with van der Waals surface area (Å²) in [6.07, 6.45) is -0.0614. The third-order valence-electron chi connectivity index (χ3n) is 4.55. The molecule has 0 unspecified atom stereocenters. The molecule has 0 aliphatic carbocycles. The monoisotopic (exact) mass is 368 g/mol. The molecule has 2 aromatic carbocycles. The maximum Gasteiger partial charge on any atom is 0.264 e. The molecular formula is C21H21FN2O3. The Balaban J connectivity index is 1.61. The summed E-state index contributed by atoms with van der Waals surface area (Å²) in [7, 11) is 0. The fourth-order valence-corrected chi connectivity index (χ4v) is 2.99. The second-order valence-corrected chi connectivity index (χ2v) is 7.55. The predicted molar refractivity (Wildman–Crippen MR) is 100 cm³/mol. The molecular weight excluding hydrogens is 347 g/mol. The van der Waals surface area contributed by atoms with Crippen molar-refractivity contribution in [3.8, 4) is 0 Å². The second kappa shape index (κ2) is 6.95. The van der Waals surface area contributed by atoms with Crippen LogP contribution in [0.25, 0.3) is 0 Å². The number of hydrogen-bond acceptors (Lipinski definition) is 3. The summed E-state index contributed by atoms with van der Waals surface area (Å²) in [4.78, 5) is 37.6. The highest BCUT2D eigenvalue weighted by Gasteiger charge is 2.37. The number of hydrogen-bond donors (Lipinski definition) is 1. The Morgan fingerprint density at radius 1 is 1.04 bits per heavy atom. The summed E-state index contributed by atoms with van der Waals surface area (Å²) < 4.78 is 13.8. The summed E-state index contributed by atoms with van der Waals surface area (Å²) in [5.41, 5.74) is 1.62. The van der Waals surface area contributed by atoms with E-state index in [2.05, 4.69) is 26.1 Å². The fourth-order valence-electron chi connectivity index (χ4n) is 2.99. The number of nitrogens with zero attached hydrogens (tertiary/aromatic N) is 1. The van der Waals surface area contributed by atoms with Crippen molar-refractivity contribution in [3.05, 3.63) is 65.0 Å². The van der Waals surface area contributed by atoms with Crippen LogP contribution in [0, 0.1) is 5.82 Å². The molecule has 1 aliphatic rings. The van der Waals surface area contributed by atoms with E-state index in [4.69, 9.17) is 0 Å². The first-order chi connectivity index (χ1) is 12.7. The van der Waals surface area contributed by atoms with Crippen LogP contribution in [-0.4, -0.2) is 29.2 Å². The second-order valence-electron chi connectivity index (χ2n) is 7.55. The van der Waals surface area contributed by atoms with Crippen LogP contribution in [-0.2, 0) is 10.2 Å². The van der Waals surface area contributed by atoms with Gasteiger partial charge in [0, 0.05) is 18.7 Å². The first kappa shape index (κ1) is 18.8. The van der Waals surface area contributed by atoms with Gasteiger partial charge in [0.2, 0.25) is 5.91 Å². The SMILES string of the molecule is CC(C)(C)c1ccc(NC(=O)CCN2C(=O)c3cccc(F)c3C2=O)cc1. The van der Waals surface area contributed by atoms with Crippen molar-refractivity contribution in [1.29, 1.82) is 0 Å². The highest BCUT2D eigenvalue weighted by molar-refractivity contribution is 6.21. The summed E-state index contributed by atoms with van der Waals surface area (Å²) in [5.74, 6) is -2.32. The molecule has 0 radical (unpaired) electrons. The Labute approximate surface area is 157 Å². The van der Waals surface area contributed by atoms with Crippen LogP contribution in [0.3, 0.4) is 0 Å². The number of carbonyl (C=O) groups excluding carboxylic acids is 3. The first-order valence-electron chi connectivity index (χ1n) is 8.73. The van der Waals surface area contributed by atoms with Gasteiger partial charge in [-0.25, -0.2) is 4.39 Å². The van der Waals surface area contributed by atoms with Crippen molar-refractivity contribution in [3.63, 3.8) is 0 Å². The summed E-state index contributed by atoms with van der Waals surface area (Å²) in [6, 6.07) is 11.5. The van der Waals surface area contributed by atoms with Crippen LogP contribution in [0.5, 0.6) is 0 Å². The lowest BCUT2D eigenvalue weighted by Gasteiger charge is -2.19. The third-order valence-corrected chi connectivity index (χ3v) is 4.55. The van der Waals surface area contributed by atoms with Crippen LogP contribution in [0.15, 0.2) is 42.5 Å². The lowest BCUT2D eigenvalue weighted by atomic mass is 9.87. The smallest absolute Gasteiger partial charge is 0.264 e. The van der Waals surface area contributed by atoms with Crippen LogP contribution in [0.2, 0.25) is 0 Å². The average molecular weight is 368 g/mol. The van der Waals surface area contributed by atoms with Crippen molar-refractivity contribution < 1.29 is 18.8 Å². The van der Waals surface area contributed by atoms with E-state index in [1.54, 1.807) is 0 Å². The average Bonchev–Trinajstić information content (AvgIpc) is 2.85. The highest BCUT2D eigenvalue weighted by Crippen LogP contribution is 2.26. The molecule has 0 saturated heterocycles. The lowest BCUT2D eigenvalue weighted by molar-refractivity contribution is -0.116. The number of halogens is 1. The molecule has 2 aromatic rings. The minimum Gasteiger partial charge on any atom is -0.326 e. The van der Waals surface area contributed by atoms with Crippen LogP contribution in [0.4, 0.5) is 10.1 Å². The minimum atomic E-state index is -0.725. The minimum absolute atomic E-state index is 0.0172. The van der Waals surface area contributed by atoms with Gasteiger partial charge in [0.25, 0.3) is 11.8 Å². The molecule has 1 aliphatic heterocycles. The van der Waals surface area contributed by atoms with Gasteiger partial charge in [-0.15, -0.1) is 0 Å². The van der Waals surface area contributed by atoms with Gasteiger partial charge in [0.15, 0.2) is 0 Å². The normalized spacial score (nSPS) is 13.7. The van der Waals surface area contributed by atoms with Gasteiger partial charge in [0.05, 0.1) is 11.1 Å². The highest BCUT2D eigenvalue weighted by atomic mass is 19.1. The molecule has 0 spiro atoms. The summed E-state index contributed by atoms with van der Waals surface area (Å²) >= 11 is 0. The van der Waals surface area contributed by atoms with Crippen LogP contribution >= 0.6 is 0 Å². The largest absolute Gasteiger partial charge is 0.326 e. The van der Waals surface area contributed by atoms with E-state index >= 15 is 0 Å². The van der Waals surface area contributed by atoms with E-state index in [1.165, 1.54) is 12.1 Å². The predicted octanol–water partition coefficient (Wildman–Crippen LogP) is 3.75. The molecule has 0 aromatic heterocycles. The van der Waals surface area contributed by atoms with Crippen LogP contribution < -0.4 is 5.32 Å². The van der Waals surface area contributed by atoms with E-state index in [1.807, 2.05) is 24.3 Å². The topological polar surface area (TPSA) is 66.5 Å². The van der Waals surface area contributed by atoms with Gasteiger partial charge in [-0.1, -0.05) is 39.0 Å².